The van der Waals surface area contributed by atoms with E-state index in [4.69, 9.17) is 9.52 Å². The van der Waals surface area contributed by atoms with Crippen LogP contribution >= 0.6 is 0 Å². The van der Waals surface area contributed by atoms with Crippen LogP contribution in [0.3, 0.4) is 0 Å². The first-order valence-corrected chi connectivity index (χ1v) is 4.26. The van der Waals surface area contributed by atoms with Crippen LogP contribution in [0.4, 0.5) is 0 Å². The summed E-state index contributed by atoms with van der Waals surface area (Å²) in [6, 6.07) is 1.80. The Morgan fingerprint density at radius 3 is 2.38 bits per heavy atom. The molecule has 0 spiro atoms. The summed E-state index contributed by atoms with van der Waals surface area (Å²) < 4.78 is 5.15. The molecule has 0 aromatic carbocycles. The average molecular weight is 180 g/mol. The van der Waals surface area contributed by atoms with E-state index in [0.29, 0.717) is 5.76 Å². The fourth-order valence-corrected chi connectivity index (χ4v) is 0.911. The zero-order chi connectivity index (χ0) is 10.4. The second-order valence-corrected chi connectivity index (χ2v) is 2.29. The number of aryl methyl sites for hydroxylation is 1. The second-order valence-electron chi connectivity index (χ2n) is 2.29. The van der Waals surface area contributed by atoms with Gasteiger partial charge in [-0.1, -0.05) is 33.1 Å². The van der Waals surface area contributed by atoms with Crippen molar-refractivity contribution in [2.75, 3.05) is 0 Å². The molecule has 0 radical (unpaired) electrons. The van der Waals surface area contributed by atoms with Gasteiger partial charge >= 0.3 is 0 Å². The number of furan rings is 1. The van der Waals surface area contributed by atoms with Crippen LogP contribution in [0.1, 0.15) is 30.9 Å². The third-order valence-electron chi connectivity index (χ3n) is 1.37. The molecular formula is C11H16O2. The zero-order valence-electron chi connectivity index (χ0n) is 8.42. The van der Waals surface area contributed by atoms with Crippen LogP contribution in [-0.2, 0) is 0 Å². The molecular weight excluding hydrogens is 164 g/mol. The summed E-state index contributed by atoms with van der Waals surface area (Å²) in [4.78, 5) is 0. The number of aliphatic hydroxyl groups is 1. The average Bonchev–Trinajstić information content (AvgIpc) is 2.50. The molecule has 13 heavy (non-hydrogen) atoms. The number of hydrogen-bond donors (Lipinski definition) is 1. The maximum atomic E-state index is 9.01. The van der Waals surface area contributed by atoms with Gasteiger partial charge in [0, 0.05) is 5.56 Å². The minimum absolute atomic E-state index is 0.0620. The Labute approximate surface area is 79.2 Å². The van der Waals surface area contributed by atoms with Gasteiger partial charge in [-0.2, -0.15) is 0 Å². The summed E-state index contributed by atoms with van der Waals surface area (Å²) in [6.45, 7) is 12.7. The van der Waals surface area contributed by atoms with Crippen molar-refractivity contribution in [3.05, 3.63) is 36.3 Å². The molecule has 0 bridgehead atoms. The lowest BCUT2D eigenvalue weighted by Crippen LogP contribution is -1.78. The predicted octanol–water partition coefficient (Wildman–Crippen LogP) is 3.79. The highest BCUT2D eigenvalue weighted by atomic mass is 16.4. The van der Waals surface area contributed by atoms with Crippen LogP contribution < -0.4 is 0 Å². The van der Waals surface area contributed by atoms with Crippen LogP contribution in [0.25, 0.3) is 11.8 Å². The lowest BCUT2D eigenvalue weighted by Gasteiger charge is -1.92. The van der Waals surface area contributed by atoms with Crippen molar-refractivity contribution in [3.63, 3.8) is 0 Å². The Morgan fingerprint density at radius 2 is 2.08 bits per heavy atom. The standard InChI is InChI=1S/C9H10O2.C2H6/c1-4-8-5-6(2)11-9(8)7(3)10;1-2/h4-5,10H,1,3H2,2H3;1-2H3. The van der Waals surface area contributed by atoms with E-state index in [9.17, 15) is 0 Å². The second kappa shape index (κ2) is 5.25. The Balaban J connectivity index is 0.000000671. The molecule has 0 atom stereocenters. The molecule has 0 saturated heterocycles. The van der Waals surface area contributed by atoms with Crippen molar-refractivity contribution in [2.24, 2.45) is 0 Å². The molecule has 72 valence electrons. The molecule has 0 unspecified atom stereocenters. The molecule has 0 amide bonds. The molecule has 0 aliphatic rings. The number of aliphatic hydroxyl groups excluding tert-OH is 1. The summed E-state index contributed by atoms with van der Waals surface area (Å²) in [5, 5.41) is 9.01. The van der Waals surface area contributed by atoms with Crippen LogP contribution in [0.2, 0.25) is 0 Å². The Morgan fingerprint density at radius 1 is 1.54 bits per heavy atom. The highest BCUT2D eigenvalue weighted by Crippen LogP contribution is 2.20. The summed E-state index contributed by atoms with van der Waals surface area (Å²) in [5.74, 6) is 1.08. The molecule has 2 nitrogen and oxygen atoms in total. The first kappa shape index (κ1) is 11.6. The molecule has 1 rings (SSSR count). The maximum Gasteiger partial charge on any atom is 0.175 e. The van der Waals surface area contributed by atoms with Crippen molar-refractivity contribution in [1.29, 1.82) is 0 Å². The van der Waals surface area contributed by atoms with Gasteiger partial charge in [0.25, 0.3) is 0 Å². The van der Waals surface area contributed by atoms with Gasteiger partial charge in [0.1, 0.15) is 5.76 Å². The quantitative estimate of drug-likeness (QED) is 0.702. The first-order chi connectivity index (χ1) is 6.15. The topological polar surface area (TPSA) is 33.4 Å². The minimum Gasteiger partial charge on any atom is -0.505 e. The number of rotatable bonds is 2. The molecule has 0 aliphatic carbocycles. The molecule has 1 aromatic heterocycles. The van der Waals surface area contributed by atoms with E-state index < -0.39 is 0 Å². The van der Waals surface area contributed by atoms with Crippen molar-refractivity contribution in [3.8, 4) is 0 Å². The molecule has 0 aliphatic heterocycles. The third-order valence-corrected chi connectivity index (χ3v) is 1.37. The first-order valence-electron chi connectivity index (χ1n) is 4.26. The van der Waals surface area contributed by atoms with Gasteiger partial charge in [0.05, 0.1) is 0 Å². The summed E-state index contributed by atoms with van der Waals surface area (Å²) >= 11 is 0. The van der Waals surface area contributed by atoms with E-state index in [1.807, 2.05) is 13.8 Å². The maximum absolute atomic E-state index is 9.01. The Bertz CT molecular complexity index is 295. The van der Waals surface area contributed by atoms with Gasteiger partial charge < -0.3 is 9.52 Å². The normalized spacial score (nSPS) is 8.54. The van der Waals surface area contributed by atoms with E-state index >= 15 is 0 Å². The van der Waals surface area contributed by atoms with Gasteiger partial charge in [-0.3, -0.25) is 0 Å². The molecule has 1 heterocycles. The van der Waals surface area contributed by atoms with Gasteiger partial charge in [0.2, 0.25) is 0 Å². The lowest BCUT2D eigenvalue weighted by molar-refractivity contribution is 0.449. The fraction of sp³-hybridized carbons (Fsp3) is 0.273. The molecule has 2 heteroatoms. The molecule has 0 fully saturated rings. The van der Waals surface area contributed by atoms with Crippen LogP contribution in [0, 0.1) is 6.92 Å². The number of hydrogen-bond acceptors (Lipinski definition) is 2. The zero-order valence-corrected chi connectivity index (χ0v) is 8.42. The van der Waals surface area contributed by atoms with Crippen molar-refractivity contribution in [2.45, 2.75) is 20.8 Å². The molecule has 0 saturated carbocycles. The largest absolute Gasteiger partial charge is 0.505 e. The van der Waals surface area contributed by atoms with Crippen LogP contribution in [-0.4, -0.2) is 5.11 Å². The van der Waals surface area contributed by atoms with Gasteiger partial charge in [-0.15, -0.1) is 0 Å². The van der Waals surface area contributed by atoms with Gasteiger partial charge in [-0.25, -0.2) is 0 Å². The van der Waals surface area contributed by atoms with Crippen LogP contribution in [0.15, 0.2) is 23.6 Å². The van der Waals surface area contributed by atoms with Crippen molar-refractivity contribution in [1.82, 2.24) is 0 Å². The smallest absolute Gasteiger partial charge is 0.175 e. The summed E-state index contributed by atoms with van der Waals surface area (Å²) in [5.41, 5.74) is 0.773. The summed E-state index contributed by atoms with van der Waals surface area (Å²) in [6.07, 6.45) is 1.62. The van der Waals surface area contributed by atoms with Crippen LogP contribution in [0.5, 0.6) is 0 Å². The highest BCUT2D eigenvalue weighted by molar-refractivity contribution is 5.64. The Hall–Kier alpha value is -1.44. The fourth-order valence-electron chi connectivity index (χ4n) is 0.911. The molecule has 1 aromatic rings. The van der Waals surface area contributed by atoms with E-state index in [2.05, 4.69) is 13.2 Å². The van der Waals surface area contributed by atoms with Crippen molar-refractivity contribution < 1.29 is 9.52 Å². The lowest BCUT2D eigenvalue weighted by atomic mass is 10.2. The van der Waals surface area contributed by atoms with Crippen molar-refractivity contribution >= 4 is 11.8 Å². The SMILES string of the molecule is C=Cc1cc(C)oc1C(=C)O.CC. The van der Waals surface area contributed by atoms with E-state index in [0.717, 1.165) is 11.3 Å². The molecule has 1 N–H and O–H groups in total. The van der Waals surface area contributed by atoms with E-state index in [1.54, 1.807) is 19.1 Å². The minimum atomic E-state index is -0.0620. The van der Waals surface area contributed by atoms with E-state index in [1.165, 1.54) is 0 Å². The van der Waals surface area contributed by atoms with E-state index in [-0.39, 0.29) is 5.76 Å². The third kappa shape index (κ3) is 2.82. The summed E-state index contributed by atoms with van der Waals surface area (Å²) in [7, 11) is 0. The Kier molecular flexibility index (Phi) is 4.67. The van der Waals surface area contributed by atoms with Gasteiger partial charge in [-0.05, 0) is 13.0 Å². The van der Waals surface area contributed by atoms with Gasteiger partial charge in [0.15, 0.2) is 11.5 Å². The monoisotopic (exact) mass is 180 g/mol. The predicted molar refractivity (Wildman–Crippen MR) is 56.5 cm³/mol. The highest BCUT2D eigenvalue weighted by Gasteiger charge is 2.07.